The van der Waals surface area contributed by atoms with Gasteiger partial charge in [-0.15, -0.1) is 0 Å². The van der Waals surface area contributed by atoms with Crippen LogP contribution in [0.25, 0.3) is 0 Å². The minimum absolute atomic E-state index is 0.145. The molecule has 1 unspecified atom stereocenters. The van der Waals surface area contributed by atoms with Crippen molar-refractivity contribution in [2.24, 2.45) is 5.73 Å². The lowest BCUT2D eigenvalue weighted by Crippen LogP contribution is -2.21. The van der Waals surface area contributed by atoms with E-state index in [0.29, 0.717) is 5.92 Å². The molecular formula is C11H17N3O. The maximum atomic E-state index is 6.09. The lowest BCUT2D eigenvalue weighted by Gasteiger charge is -2.20. The van der Waals surface area contributed by atoms with Crippen LogP contribution in [0.2, 0.25) is 0 Å². The van der Waals surface area contributed by atoms with Crippen molar-refractivity contribution >= 4 is 0 Å². The zero-order valence-corrected chi connectivity index (χ0v) is 8.83. The maximum Gasteiger partial charge on any atom is 0.126 e. The number of rotatable bonds is 2. The molecule has 2 aliphatic rings. The highest BCUT2D eigenvalue weighted by Crippen LogP contribution is 2.41. The van der Waals surface area contributed by atoms with Crippen molar-refractivity contribution in [2.45, 2.75) is 37.1 Å². The highest BCUT2D eigenvalue weighted by molar-refractivity contribution is 5.19. The Labute approximate surface area is 89.2 Å². The molecule has 1 aliphatic carbocycles. The Kier molecular flexibility index (Phi) is 2.07. The number of aromatic amines is 1. The minimum atomic E-state index is -0.145. The molecule has 0 radical (unpaired) electrons. The molecule has 1 aromatic rings. The van der Waals surface area contributed by atoms with Gasteiger partial charge in [-0.3, -0.25) is 0 Å². The van der Waals surface area contributed by atoms with Gasteiger partial charge in [-0.2, -0.15) is 0 Å². The Morgan fingerprint density at radius 1 is 1.53 bits per heavy atom. The zero-order valence-electron chi connectivity index (χ0n) is 8.83. The van der Waals surface area contributed by atoms with Crippen LogP contribution in [0.15, 0.2) is 6.20 Å². The Bertz CT molecular complexity index is 350. The summed E-state index contributed by atoms with van der Waals surface area (Å²) in [6.45, 7) is 1.72. The van der Waals surface area contributed by atoms with Crippen LogP contribution in [0.4, 0.5) is 0 Å². The second kappa shape index (κ2) is 3.32. The van der Waals surface area contributed by atoms with Crippen LogP contribution in [-0.4, -0.2) is 23.2 Å². The second-order valence-corrected chi connectivity index (χ2v) is 4.76. The molecule has 4 nitrogen and oxygen atoms in total. The average Bonchev–Trinajstić information content (AvgIpc) is 2.85. The van der Waals surface area contributed by atoms with E-state index in [4.69, 9.17) is 10.5 Å². The Morgan fingerprint density at radius 2 is 2.40 bits per heavy atom. The summed E-state index contributed by atoms with van der Waals surface area (Å²) < 4.78 is 5.47. The van der Waals surface area contributed by atoms with Gasteiger partial charge in [0.25, 0.3) is 0 Å². The van der Waals surface area contributed by atoms with Gasteiger partial charge in [0.05, 0.1) is 12.1 Å². The summed E-state index contributed by atoms with van der Waals surface area (Å²) in [7, 11) is 0. The number of aromatic nitrogens is 2. The largest absolute Gasteiger partial charge is 0.381 e. The van der Waals surface area contributed by atoms with Gasteiger partial charge in [-0.1, -0.05) is 0 Å². The fourth-order valence-corrected chi connectivity index (χ4v) is 2.15. The van der Waals surface area contributed by atoms with Crippen LogP contribution in [0.5, 0.6) is 0 Å². The van der Waals surface area contributed by atoms with Crippen LogP contribution in [-0.2, 0) is 10.3 Å². The Morgan fingerprint density at radius 3 is 3.07 bits per heavy atom. The SMILES string of the molecule is NC1(c2ncc(C3CCCOC3)[nH]2)CC1. The van der Waals surface area contributed by atoms with Crippen molar-refractivity contribution in [1.82, 2.24) is 9.97 Å². The first kappa shape index (κ1) is 9.36. The van der Waals surface area contributed by atoms with Crippen molar-refractivity contribution in [3.63, 3.8) is 0 Å². The van der Waals surface area contributed by atoms with Crippen molar-refractivity contribution < 1.29 is 4.74 Å². The smallest absolute Gasteiger partial charge is 0.126 e. The van der Waals surface area contributed by atoms with E-state index in [9.17, 15) is 0 Å². The van der Waals surface area contributed by atoms with Crippen LogP contribution >= 0.6 is 0 Å². The molecule has 0 aromatic carbocycles. The lowest BCUT2D eigenvalue weighted by atomic mass is 9.99. The van der Waals surface area contributed by atoms with Gasteiger partial charge in [-0.05, 0) is 25.7 Å². The number of hydrogen-bond donors (Lipinski definition) is 2. The molecule has 0 bridgehead atoms. The number of imidazole rings is 1. The van der Waals surface area contributed by atoms with Crippen LogP contribution < -0.4 is 5.73 Å². The van der Waals surface area contributed by atoms with Crippen LogP contribution in [0.1, 0.15) is 43.1 Å². The molecule has 82 valence electrons. The fraction of sp³-hybridized carbons (Fsp3) is 0.727. The van der Waals surface area contributed by atoms with E-state index in [1.165, 1.54) is 12.1 Å². The predicted octanol–water partition coefficient (Wildman–Crippen LogP) is 1.25. The highest BCUT2D eigenvalue weighted by Gasteiger charge is 2.43. The van der Waals surface area contributed by atoms with E-state index < -0.39 is 0 Å². The van der Waals surface area contributed by atoms with Gasteiger partial charge < -0.3 is 15.5 Å². The summed E-state index contributed by atoms with van der Waals surface area (Å²) >= 11 is 0. The molecule has 2 fully saturated rings. The Hall–Kier alpha value is -0.870. The predicted molar refractivity (Wildman–Crippen MR) is 56.5 cm³/mol. The van der Waals surface area contributed by atoms with E-state index in [1.807, 2.05) is 6.20 Å². The number of hydrogen-bond acceptors (Lipinski definition) is 3. The molecule has 0 amide bonds. The fourth-order valence-electron chi connectivity index (χ4n) is 2.15. The summed E-state index contributed by atoms with van der Waals surface area (Å²) in [4.78, 5) is 7.76. The molecule has 1 saturated heterocycles. The molecular weight excluding hydrogens is 190 g/mol. The van der Waals surface area contributed by atoms with Crippen molar-refractivity contribution in [3.05, 3.63) is 17.7 Å². The van der Waals surface area contributed by atoms with Gasteiger partial charge >= 0.3 is 0 Å². The molecule has 3 N–H and O–H groups in total. The molecule has 3 rings (SSSR count). The van der Waals surface area contributed by atoms with Crippen LogP contribution in [0.3, 0.4) is 0 Å². The Balaban J connectivity index is 1.77. The molecule has 15 heavy (non-hydrogen) atoms. The average molecular weight is 207 g/mol. The van der Waals surface area contributed by atoms with Crippen LogP contribution in [0, 0.1) is 0 Å². The molecule has 1 atom stereocenters. The molecule has 1 aliphatic heterocycles. The summed E-state index contributed by atoms with van der Waals surface area (Å²) in [6.07, 6.45) is 6.38. The second-order valence-electron chi connectivity index (χ2n) is 4.76. The van der Waals surface area contributed by atoms with Gasteiger partial charge in [0.2, 0.25) is 0 Å². The van der Waals surface area contributed by atoms with Crippen molar-refractivity contribution in [3.8, 4) is 0 Å². The molecule has 2 heterocycles. The topological polar surface area (TPSA) is 63.9 Å². The molecule has 4 heteroatoms. The summed E-state index contributed by atoms with van der Waals surface area (Å²) in [5.74, 6) is 1.45. The molecule has 0 spiro atoms. The third-order valence-corrected chi connectivity index (χ3v) is 3.46. The molecule has 1 aromatic heterocycles. The summed E-state index contributed by atoms with van der Waals surface area (Å²) in [5, 5.41) is 0. The van der Waals surface area contributed by atoms with Crippen molar-refractivity contribution in [1.29, 1.82) is 0 Å². The summed E-state index contributed by atoms with van der Waals surface area (Å²) in [6, 6.07) is 0. The van der Waals surface area contributed by atoms with E-state index in [1.54, 1.807) is 0 Å². The van der Waals surface area contributed by atoms with Gasteiger partial charge in [0, 0.05) is 24.4 Å². The standard InChI is InChI=1S/C11H17N3O/c12-11(3-4-11)10-13-6-9(14-10)8-2-1-5-15-7-8/h6,8H,1-5,7,12H2,(H,13,14). The van der Waals surface area contributed by atoms with E-state index >= 15 is 0 Å². The third kappa shape index (κ3) is 1.68. The van der Waals surface area contributed by atoms with Gasteiger partial charge in [0.1, 0.15) is 5.82 Å². The molecule has 1 saturated carbocycles. The van der Waals surface area contributed by atoms with Crippen molar-refractivity contribution in [2.75, 3.05) is 13.2 Å². The van der Waals surface area contributed by atoms with E-state index in [0.717, 1.165) is 38.3 Å². The maximum absolute atomic E-state index is 6.09. The lowest BCUT2D eigenvalue weighted by molar-refractivity contribution is 0.0794. The minimum Gasteiger partial charge on any atom is -0.381 e. The number of nitrogens with two attached hydrogens (primary N) is 1. The van der Waals surface area contributed by atoms with E-state index in [-0.39, 0.29) is 5.54 Å². The van der Waals surface area contributed by atoms with E-state index in [2.05, 4.69) is 9.97 Å². The normalized spacial score (nSPS) is 29.0. The van der Waals surface area contributed by atoms with Gasteiger partial charge in [0.15, 0.2) is 0 Å². The zero-order chi connectivity index (χ0) is 10.3. The monoisotopic (exact) mass is 207 g/mol. The van der Waals surface area contributed by atoms with Gasteiger partial charge in [-0.25, -0.2) is 4.98 Å². The number of nitrogens with zero attached hydrogens (tertiary/aromatic N) is 1. The quantitative estimate of drug-likeness (QED) is 0.767. The highest BCUT2D eigenvalue weighted by atomic mass is 16.5. The first-order valence-electron chi connectivity index (χ1n) is 5.70. The first-order valence-corrected chi connectivity index (χ1v) is 5.70. The number of nitrogens with one attached hydrogen (secondary N) is 1. The number of H-pyrrole nitrogens is 1. The number of ether oxygens (including phenoxy) is 1. The third-order valence-electron chi connectivity index (χ3n) is 3.46. The first-order chi connectivity index (χ1) is 7.28. The summed E-state index contributed by atoms with van der Waals surface area (Å²) in [5.41, 5.74) is 7.14.